The lowest BCUT2D eigenvalue weighted by atomic mass is 10.1. The molecule has 0 heterocycles. The number of phenolic OH excluding ortho intramolecular Hbond substituents is 4. The van der Waals surface area contributed by atoms with E-state index >= 15 is 0 Å². The molecule has 0 aliphatic rings. The minimum absolute atomic E-state index is 0.0546. The Labute approximate surface area is 186 Å². The number of unbranched alkanes of at least 4 members (excludes halogenated alkanes) is 4. The van der Waals surface area contributed by atoms with Gasteiger partial charge in [-0.2, -0.15) is 0 Å². The van der Waals surface area contributed by atoms with Gasteiger partial charge in [-0.25, -0.2) is 0 Å². The van der Waals surface area contributed by atoms with Gasteiger partial charge in [-0.1, -0.05) is 6.42 Å². The van der Waals surface area contributed by atoms with Crippen LogP contribution in [0.5, 0.6) is 23.0 Å². The minimum Gasteiger partial charge on any atom is -0.504 e. The van der Waals surface area contributed by atoms with Crippen LogP contribution in [0.3, 0.4) is 0 Å². The average molecular weight is 433 g/mol. The normalized spacial score (nSPS) is 12.3. The van der Waals surface area contributed by atoms with Gasteiger partial charge in [0.1, 0.15) is 13.1 Å². The van der Waals surface area contributed by atoms with E-state index in [9.17, 15) is 20.4 Å². The highest BCUT2D eigenvalue weighted by Crippen LogP contribution is 2.27. The Morgan fingerprint density at radius 3 is 1.23 bits per heavy atom. The first kappa shape index (κ1) is 24.8. The summed E-state index contributed by atoms with van der Waals surface area (Å²) < 4.78 is 1.71. The van der Waals surface area contributed by atoms with Gasteiger partial charge in [0.2, 0.25) is 0 Å². The van der Waals surface area contributed by atoms with Gasteiger partial charge < -0.3 is 29.4 Å². The van der Waals surface area contributed by atoms with E-state index in [0.29, 0.717) is 0 Å². The second-order valence-electron chi connectivity index (χ2n) is 10.0. The summed E-state index contributed by atoms with van der Waals surface area (Å²) in [6.07, 6.45) is 5.98. The van der Waals surface area contributed by atoms with Crippen molar-refractivity contribution in [2.75, 3.05) is 41.3 Å². The number of hydrogen-bond acceptors (Lipinski definition) is 4. The summed E-state index contributed by atoms with van der Waals surface area (Å²) in [5, 5.41) is 38.3. The van der Waals surface area contributed by atoms with E-state index in [1.165, 1.54) is 32.1 Å². The Morgan fingerprint density at radius 1 is 0.516 bits per heavy atom. The third kappa shape index (κ3) is 8.67. The molecule has 0 unspecified atom stereocenters. The molecule has 4 N–H and O–H groups in total. The first-order valence-corrected chi connectivity index (χ1v) is 11.1. The maximum atomic E-state index is 9.68. The maximum Gasteiger partial charge on any atom is 0.157 e. The van der Waals surface area contributed by atoms with E-state index in [4.69, 9.17) is 0 Å². The van der Waals surface area contributed by atoms with Gasteiger partial charge >= 0.3 is 0 Å². The van der Waals surface area contributed by atoms with Crippen molar-refractivity contribution < 1.29 is 29.4 Å². The van der Waals surface area contributed by atoms with Crippen molar-refractivity contribution in [3.05, 3.63) is 47.5 Å². The molecule has 0 bridgehead atoms. The molecule has 2 rings (SSSR count). The number of phenols is 4. The van der Waals surface area contributed by atoms with Crippen molar-refractivity contribution in [2.24, 2.45) is 0 Å². The van der Waals surface area contributed by atoms with Gasteiger partial charge in [0.05, 0.1) is 41.3 Å². The number of hydrogen-bond donors (Lipinski definition) is 4. The standard InChI is InChI=1S/C25H38N2O4/c1-26(2,18-20-10-12-22(28)24(30)16-20)14-8-6-5-7-9-15-27(3,4)19-21-11-13-23(29)25(31)17-21/h10-13,16-17H,5-9,14-15,18-19H2,1-4H3,(H2-2,28,29,30,31)/p+2. The van der Waals surface area contributed by atoms with E-state index in [2.05, 4.69) is 28.2 Å². The zero-order valence-electron chi connectivity index (χ0n) is 19.5. The van der Waals surface area contributed by atoms with E-state index in [1.807, 2.05) is 12.1 Å². The Morgan fingerprint density at radius 2 is 0.871 bits per heavy atom. The third-order valence-electron chi connectivity index (χ3n) is 5.83. The van der Waals surface area contributed by atoms with Crippen LogP contribution >= 0.6 is 0 Å². The second kappa shape index (κ2) is 10.7. The molecule has 0 aromatic heterocycles. The Kier molecular flexibility index (Phi) is 8.60. The van der Waals surface area contributed by atoms with Crippen LogP contribution in [0.1, 0.15) is 43.2 Å². The van der Waals surface area contributed by atoms with E-state index in [0.717, 1.165) is 46.3 Å². The van der Waals surface area contributed by atoms with Crippen molar-refractivity contribution in [2.45, 2.75) is 45.2 Å². The molecule has 172 valence electrons. The highest BCUT2D eigenvalue weighted by atomic mass is 16.3. The van der Waals surface area contributed by atoms with Gasteiger partial charge in [-0.3, -0.25) is 0 Å². The predicted molar refractivity (Wildman–Crippen MR) is 124 cm³/mol. The highest BCUT2D eigenvalue weighted by Gasteiger charge is 2.18. The smallest absolute Gasteiger partial charge is 0.157 e. The monoisotopic (exact) mass is 432 g/mol. The quantitative estimate of drug-likeness (QED) is 0.229. The summed E-state index contributed by atoms with van der Waals surface area (Å²) in [4.78, 5) is 0. The minimum atomic E-state index is -0.0722. The molecular weight excluding hydrogens is 392 g/mol. The second-order valence-corrected chi connectivity index (χ2v) is 10.0. The van der Waals surface area contributed by atoms with Crippen LogP contribution in [0.2, 0.25) is 0 Å². The lowest BCUT2D eigenvalue weighted by Gasteiger charge is -2.30. The summed E-state index contributed by atoms with van der Waals surface area (Å²) in [5.41, 5.74) is 2.06. The van der Waals surface area contributed by atoms with Crippen molar-refractivity contribution in [3.8, 4) is 23.0 Å². The maximum absolute atomic E-state index is 9.68. The Hall–Kier alpha value is -2.44. The molecule has 0 saturated carbocycles. The molecular formula is C25H40N2O4+2. The fraction of sp³-hybridized carbons (Fsp3) is 0.520. The van der Waals surface area contributed by atoms with Crippen molar-refractivity contribution in [1.29, 1.82) is 0 Å². The molecule has 0 radical (unpaired) electrons. The highest BCUT2D eigenvalue weighted by molar-refractivity contribution is 5.40. The number of nitrogens with zero attached hydrogens (tertiary/aromatic N) is 2. The lowest BCUT2D eigenvalue weighted by Crippen LogP contribution is -2.39. The number of benzene rings is 2. The first-order chi connectivity index (χ1) is 14.5. The first-order valence-electron chi connectivity index (χ1n) is 11.1. The molecule has 6 heteroatoms. The average Bonchev–Trinajstić information content (AvgIpc) is 2.66. The molecule has 2 aromatic rings. The van der Waals surface area contributed by atoms with Crippen LogP contribution in [0.15, 0.2) is 36.4 Å². The summed E-state index contributed by atoms with van der Waals surface area (Å²) in [7, 11) is 8.80. The topological polar surface area (TPSA) is 80.9 Å². The largest absolute Gasteiger partial charge is 0.504 e. The van der Waals surface area contributed by atoms with Crippen molar-refractivity contribution >= 4 is 0 Å². The molecule has 0 aliphatic carbocycles. The summed E-state index contributed by atoms with van der Waals surface area (Å²) in [5.74, 6) is -0.254. The van der Waals surface area contributed by atoms with Gasteiger partial charge in [0, 0.05) is 11.1 Å². The van der Waals surface area contributed by atoms with Gasteiger partial charge in [0.15, 0.2) is 23.0 Å². The predicted octanol–water partition coefficient (Wildman–Crippen LogP) is 4.31. The fourth-order valence-corrected chi connectivity index (χ4v) is 4.09. The summed E-state index contributed by atoms with van der Waals surface area (Å²) in [6.45, 7) is 3.81. The van der Waals surface area contributed by atoms with Crippen molar-refractivity contribution in [3.63, 3.8) is 0 Å². The summed E-state index contributed by atoms with van der Waals surface area (Å²) in [6, 6.07) is 10.1. The van der Waals surface area contributed by atoms with E-state index in [1.54, 1.807) is 24.3 Å². The van der Waals surface area contributed by atoms with Crippen LogP contribution in [0, 0.1) is 0 Å². The van der Waals surface area contributed by atoms with Crippen LogP contribution in [0.4, 0.5) is 0 Å². The Balaban J connectivity index is 1.63. The van der Waals surface area contributed by atoms with Gasteiger partial charge in [-0.05, 0) is 62.1 Å². The van der Waals surface area contributed by atoms with E-state index in [-0.39, 0.29) is 23.0 Å². The molecule has 2 aromatic carbocycles. The molecule has 0 fully saturated rings. The zero-order valence-corrected chi connectivity index (χ0v) is 19.5. The lowest BCUT2D eigenvalue weighted by molar-refractivity contribution is -0.904. The number of quaternary nitrogens is 2. The SMILES string of the molecule is C[N+](C)(CCCCCCC[N+](C)(C)Cc1ccc(O)c(O)c1)Cc1ccc(O)c(O)c1. The van der Waals surface area contributed by atoms with E-state index < -0.39 is 0 Å². The molecule has 0 spiro atoms. The third-order valence-corrected chi connectivity index (χ3v) is 5.83. The number of aromatic hydroxyl groups is 4. The van der Waals surface area contributed by atoms with Crippen LogP contribution < -0.4 is 0 Å². The van der Waals surface area contributed by atoms with Crippen molar-refractivity contribution in [1.82, 2.24) is 0 Å². The molecule has 0 aliphatic heterocycles. The van der Waals surface area contributed by atoms with Crippen LogP contribution in [-0.4, -0.2) is 70.7 Å². The van der Waals surface area contributed by atoms with Gasteiger partial charge in [0.25, 0.3) is 0 Å². The summed E-state index contributed by atoms with van der Waals surface area (Å²) >= 11 is 0. The molecule has 31 heavy (non-hydrogen) atoms. The Bertz CT molecular complexity index is 780. The van der Waals surface area contributed by atoms with Gasteiger partial charge in [-0.15, -0.1) is 0 Å². The molecule has 6 nitrogen and oxygen atoms in total. The van der Waals surface area contributed by atoms with Crippen LogP contribution in [0.25, 0.3) is 0 Å². The zero-order chi connectivity index (χ0) is 23.1. The molecule has 0 amide bonds. The fourth-order valence-electron chi connectivity index (χ4n) is 4.09. The number of rotatable bonds is 12. The molecule has 0 atom stereocenters. The molecule has 0 saturated heterocycles. The van der Waals surface area contributed by atoms with Crippen LogP contribution in [-0.2, 0) is 13.1 Å².